The molecule has 0 heterocycles. The largest absolute Gasteiger partial charge is 0.396 e. The van der Waals surface area contributed by atoms with Crippen LogP contribution in [0.15, 0.2) is 5.10 Å². The van der Waals surface area contributed by atoms with Crippen LogP contribution in [0, 0.1) is 0 Å². The molecule has 0 radical (unpaired) electrons. The number of unbranched alkanes of at least 4 members (excludes halogenated alkanes) is 1. The molecule has 0 rings (SSSR count). The van der Waals surface area contributed by atoms with Crippen LogP contribution in [0.3, 0.4) is 0 Å². The summed E-state index contributed by atoms with van der Waals surface area (Å²) in [6.45, 7) is 0.180. The van der Waals surface area contributed by atoms with Crippen LogP contribution in [-0.2, 0) is 0 Å². The average molecular weight is 161 g/mol. The van der Waals surface area contributed by atoms with E-state index in [2.05, 4.69) is 22.7 Å². The minimum absolute atomic E-state index is 0.153. The molecule has 0 aliphatic heterocycles. The van der Waals surface area contributed by atoms with Crippen molar-refractivity contribution in [1.29, 1.82) is 0 Å². The van der Waals surface area contributed by atoms with E-state index in [1.165, 1.54) is 0 Å². The number of hydrazone groups is 1. The van der Waals surface area contributed by atoms with Crippen molar-refractivity contribution in [3.63, 3.8) is 0 Å². The molecule has 0 fully saturated rings. The third kappa shape index (κ3) is 7.32. The van der Waals surface area contributed by atoms with Gasteiger partial charge in [-0.15, -0.1) is 0 Å². The Hall–Kier alpha value is -0.680. The fraction of sp³-hybridized carbons (Fsp3) is 0.600. The Kier molecular flexibility index (Phi) is 6.00. The lowest BCUT2D eigenvalue weighted by molar-refractivity contribution is 0.291. The van der Waals surface area contributed by atoms with Gasteiger partial charge in [-0.05, 0) is 25.1 Å². The summed E-state index contributed by atoms with van der Waals surface area (Å²) >= 11 is 4.48. The van der Waals surface area contributed by atoms with E-state index in [0.717, 1.165) is 6.42 Å². The second kappa shape index (κ2) is 6.44. The van der Waals surface area contributed by atoms with Crippen LogP contribution in [0.1, 0.15) is 12.8 Å². The molecule has 0 aliphatic rings. The fourth-order valence-electron chi connectivity index (χ4n) is 0.356. The smallest absolute Gasteiger partial charge is 0.184 e. The molecule has 0 aromatic heterocycles. The fourth-order valence-corrected chi connectivity index (χ4v) is 0.409. The molecule has 58 valence electrons. The summed E-state index contributed by atoms with van der Waals surface area (Å²) in [4.78, 5) is 0. The number of rotatable bonds is 4. The molecule has 5 heteroatoms. The Balaban J connectivity index is 3.12. The van der Waals surface area contributed by atoms with E-state index < -0.39 is 0 Å². The number of nitrogens with one attached hydrogen (secondary N) is 1. The molecule has 0 saturated carbocycles. The van der Waals surface area contributed by atoms with Gasteiger partial charge < -0.3 is 10.8 Å². The van der Waals surface area contributed by atoms with Crippen molar-refractivity contribution in [1.82, 2.24) is 5.43 Å². The van der Waals surface area contributed by atoms with Gasteiger partial charge in [-0.25, -0.2) is 0 Å². The van der Waals surface area contributed by atoms with Gasteiger partial charge in [0.05, 0.1) is 0 Å². The number of hydrogen-bond acceptors (Lipinski definition) is 3. The molecule has 4 nitrogen and oxygen atoms in total. The highest BCUT2D eigenvalue weighted by Crippen LogP contribution is 1.79. The summed E-state index contributed by atoms with van der Waals surface area (Å²) < 4.78 is 0. The van der Waals surface area contributed by atoms with E-state index in [0.29, 0.717) is 6.42 Å². The highest BCUT2D eigenvalue weighted by molar-refractivity contribution is 7.80. The Morgan fingerprint density at radius 1 is 1.80 bits per heavy atom. The number of aliphatic hydroxyl groups is 1. The molecular weight excluding hydrogens is 150 g/mol. The van der Waals surface area contributed by atoms with Crippen LogP contribution >= 0.6 is 12.2 Å². The molecule has 4 N–H and O–H groups in total. The molecule has 0 unspecified atom stereocenters. The Labute approximate surface area is 65.1 Å². The van der Waals surface area contributed by atoms with Crippen molar-refractivity contribution >= 4 is 23.5 Å². The Morgan fingerprint density at radius 3 is 3.00 bits per heavy atom. The summed E-state index contributed by atoms with van der Waals surface area (Å²) in [5, 5.41) is 12.2. The first-order valence-corrected chi connectivity index (χ1v) is 3.36. The second-order valence-electron chi connectivity index (χ2n) is 1.65. The van der Waals surface area contributed by atoms with Crippen LogP contribution < -0.4 is 11.2 Å². The van der Waals surface area contributed by atoms with E-state index in [1.54, 1.807) is 6.21 Å². The number of nitrogens with zero attached hydrogens (tertiary/aromatic N) is 1. The maximum Gasteiger partial charge on any atom is 0.184 e. The van der Waals surface area contributed by atoms with Gasteiger partial charge in [0.2, 0.25) is 0 Å². The van der Waals surface area contributed by atoms with E-state index in [-0.39, 0.29) is 11.7 Å². The summed E-state index contributed by atoms with van der Waals surface area (Å²) in [6, 6.07) is 0. The Morgan fingerprint density at radius 2 is 2.50 bits per heavy atom. The third-order valence-electron chi connectivity index (χ3n) is 0.757. The maximum absolute atomic E-state index is 8.34. The number of aliphatic hydroxyl groups excluding tert-OH is 1. The molecular formula is C5H11N3OS. The van der Waals surface area contributed by atoms with Crippen molar-refractivity contribution in [2.45, 2.75) is 12.8 Å². The lowest BCUT2D eigenvalue weighted by Gasteiger charge is -1.92. The first kappa shape index (κ1) is 9.32. The third-order valence-corrected chi connectivity index (χ3v) is 0.849. The molecule has 0 amide bonds. The molecule has 0 spiro atoms. The lowest BCUT2D eigenvalue weighted by atomic mass is 10.3. The highest BCUT2D eigenvalue weighted by atomic mass is 32.1. The van der Waals surface area contributed by atoms with Crippen molar-refractivity contribution < 1.29 is 5.11 Å². The van der Waals surface area contributed by atoms with Crippen LogP contribution in [0.25, 0.3) is 0 Å². The van der Waals surface area contributed by atoms with Crippen LogP contribution in [0.4, 0.5) is 0 Å². The zero-order chi connectivity index (χ0) is 7.82. The predicted octanol–water partition coefficient (Wildman–Crippen LogP) is -0.422. The highest BCUT2D eigenvalue weighted by Gasteiger charge is 1.80. The van der Waals surface area contributed by atoms with Gasteiger partial charge in [-0.1, -0.05) is 0 Å². The summed E-state index contributed by atoms with van der Waals surface area (Å²) in [7, 11) is 0. The van der Waals surface area contributed by atoms with E-state index >= 15 is 0 Å². The minimum atomic E-state index is 0.153. The van der Waals surface area contributed by atoms with Crippen molar-refractivity contribution in [2.75, 3.05) is 6.61 Å². The van der Waals surface area contributed by atoms with Gasteiger partial charge in [0.15, 0.2) is 5.11 Å². The molecule has 0 aromatic rings. The van der Waals surface area contributed by atoms with Crippen LogP contribution in [0.2, 0.25) is 0 Å². The van der Waals surface area contributed by atoms with E-state index in [9.17, 15) is 0 Å². The van der Waals surface area contributed by atoms with Crippen molar-refractivity contribution in [3.05, 3.63) is 0 Å². The molecule has 0 bridgehead atoms. The first-order valence-electron chi connectivity index (χ1n) is 2.95. The van der Waals surface area contributed by atoms with Gasteiger partial charge in [-0.3, -0.25) is 5.43 Å². The molecule has 0 aliphatic carbocycles. The van der Waals surface area contributed by atoms with Crippen LogP contribution in [0.5, 0.6) is 0 Å². The number of nitrogens with two attached hydrogens (primary N) is 1. The predicted molar refractivity (Wildman–Crippen MR) is 44.7 cm³/mol. The molecule has 0 aromatic carbocycles. The quantitative estimate of drug-likeness (QED) is 0.227. The minimum Gasteiger partial charge on any atom is -0.396 e. The lowest BCUT2D eigenvalue weighted by Crippen LogP contribution is -2.23. The monoisotopic (exact) mass is 161 g/mol. The summed E-state index contributed by atoms with van der Waals surface area (Å²) in [5.41, 5.74) is 7.47. The van der Waals surface area contributed by atoms with Gasteiger partial charge >= 0.3 is 0 Å². The summed E-state index contributed by atoms with van der Waals surface area (Å²) in [5.74, 6) is 0. The zero-order valence-electron chi connectivity index (χ0n) is 5.58. The first-order chi connectivity index (χ1) is 4.77. The zero-order valence-corrected chi connectivity index (χ0v) is 6.40. The molecule has 0 saturated heterocycles. The van der Waals surface area contributed by atoms with E-state index in [1.807, 2.05) is 0 Å². The average Bonchev–Trinajstić information content (AvgIpc) is 1.87. The van der Waals surface area contributed by atoms with Gasteiger partial charge in [0.25, 0.3) is 0 Å². The topological polar surface area (TPSA) is 70.6 Å². The Bertz CT molecular complexity index is 126. The summed E-state index contributed by atoms with van der Waals surface area (Å²) in [6.07, 6.45) is 3.06. The molecule has 0 atom stereocenters. The number of hydrogen-bond donors (Lipinski definition) is 3. The van der Waals surface area contributed by atoms with Gasteiger partial charge in [0, 0.05) is 12.8 Å². The van der Waals surface area contributed by atoms with Crippen molar-refractivity contribution in [2.24, 2.45) is 10.8 Å². The second-order valence-corrected chi connectivity index (χ2v) is 2.09. The van der Waals surface area contributed by atoms with Gasteiger partial charge in [-0.2, -0.15) is 5.10 Å². The van der Waals surface area contributed by atoms with E-state index in [4.69, 9.17) is 10.8 Å². The normalized spacial score (nSPS) is 10.1. The maximum atomic E-state index is 8.34. The SMILES string of the molecule is NC(=S)NN=CCCCO. The van der Waals surface area contributed by atoms with Crippen molar-refractivity contribution in [3.8, 4) is 0 Å². The number of thiocarbonyl (C=S) groups is 1. The van der Waals surface area contributed by atoms with Crippen LogP contribution in [-0.4, -0.2) is 23.0 Å². The standard InChI is InChI=1S/C5H11N3OS/c6-5(10)8-7-3-1-2-4-9/h3,9H,1-2,4H2,(H3,6,8,10). The molecule has 10 heavy (non-hydrogen) atoms. The van der Waals surface area contributed by atoms with Gasteiger partial charge in [0.1, 0.15) is 0 Å².